The van der Waals surface area contributed by atoms with Gasteiger partial charge < -0.3 is 0 Å². The van der Waals surface area contributed by atoms with Gasteiger partial charge in [0.25, 0.3) is 0 Å². The molecule has 0 aliphatic carbocycles. The van der Waals surface area contributed by atoms with E-state index in [-0.39, 0.29) is 0 Å². The van der Waals surface area contributed by atoms with Crippen molar-refractivity contribution in [3.8, 4) is 0 Å². The zero-order chi connectivity index (χ0) is 16.6. The van der Waals surface area contributed by atoms with Gasteiger partial charge in [-0.05, 0) is 44.1 Å². The summed E-state index contributed by atoms with van der Waals surface area (Å²) >= 11 is 1.73. The molecule has 3 aromatic heterocycles. The Morgan fingerprint density at radius 3 is 2.52 bits per heavy atom. The van der Waals surface area contributed by atoms with Gasteiger partial charge in [-0.15, -0.1) is 0 Å². The van der Waals surface area contributed by atoms with Crippen LogP contribution in [0.4, 0.5) is 0 Å². The maximum absolute atomic E-state index is 2.28. The molecule has 1 nitrogen and oxygen atoms in total. The van der Waals surface area contributed by atoms with Crippen molar-refractivity contribution in [1.82, 2.24) is 0 Å². The largest absolute Gasteiger partial charge is 0.219 e. The first-order valence-corrected chi connectivity index (χ1v) is 9.28. The maximum atomic E-state index is 2.28. The Morgan fingerprint density at radius 2 is 1.60 bits per heavy atom. The molecule has 2 heteroatoms. The fraction of sp³-hybridized carbons (Fsp3) is 0. The van der Waals surface area contributed by atoms with Gasteiger partial charge in [-0.1, -0.05) is 48.6 Å². The molecule has 0 spiro atoms. The van der Waals surface area contributed by atoms with E-state index in [1.54, 1.807) is 11.3 Å². The summed E-state index contributed by atoms with van der Waals surface area (Å²) in [5, 5.41) is 9.44. The molecular weight excluding hydrogens is 322 g/mol. The molecule has 0 radical (unpaired) electrons. The number of thiophene rings is 1. The van der Waals surface area contributed by atoms with Crippen molar-refractivity contribution < 1.29 is 4.40 Å². The van der Waals surface area contributed by atoms with Crippen molar-refractivity contribution in [2.24, 2.45) is 0 Å². The molecule has 0 amide bonds. The summed E-state index contributed by atoms with van der Waals surface area (Å²) < 4.78 is 2.21. The van der Waals surface area contributed by atoms with E-state index in [0.29, 0.717) is 0 Å². The van der Waals surface area contributed by atoms with E-state index in [1.165, 1.54) is 38.2 Å². The predicted molar refractivity (Wildman–Crippen MR) is 108 cm³/mol. The third-order valence-corrected chi connectivity index (χ3v) is 5.35. The first kappa shape index (κ1) is 14.4. The molecule has 5 aromatic rings. The van der Waals surface area contributed by atoms with Gasteiger partial charge in [0, 0.05) is 18.2 Å². The molecular formula is C23H16NS+. The van der Waals surface area contributed by atoms with Gasteiger partial charge in [0.2, 0.25) is 5.52 Å². The van der Waals surface area contributed by atoms with Crippen LogP contribution in [0.15, 0.2) is 83.8 Å². The van der Waals surface area contributed by atoms with Crippen LogP contribution in [0.25, 0.3) is 39.2 Å². The van der Waals surface area contributed by atoms with Crippen LogP contribution in [0, 0.1) is 0 Å². The van der Waals surface area contributed by atoms with E-state index in [9.17, 15) is 0 Å². The lowest BCUT2D eigenvalue weighted by Gasteiger charge is -2.04. The zero-order valence-corrected chi connectivity index (χ0v) is 14.4. The quantitative estimate of drug-likeness (QED) is 0.276. The van der Waals surface area contributed by atoms with Crippen LogP contribution in [-0.2, 0) is 0 Å². The summed E-state index contributed by atoms with van der Waals surface area (Å²) in [5.74, 6) is 0. The monoisotopic (exact) mass is 338 g/mol. The molecule has 0 bridgehead atoms. The highest BCUT2D eigenvalue weighted by Crippen LogP contribution is 2.27. The summed E-state index contributed by atoms with van der Waals surface area (Å²) in [6.07, 6.45) is 8.64. The fourth-order valence-electron chi connectivity index (χ4n) is 3.40. The molecule has 0 saturated heterocycles. The lowest BCUT2D eigenvalue weighted by atomic mass is 10.0. The average molecular weight is 338 g/mol. The number of nitrogens with zero attached hydrogens (tertiary/aromatic N) is 1. The third-order valence-electron chi connectivity index (χ3n) is 4.65. The smallest absolute Gasteiger partial charge is 0.167 e. The molecule has 2 aromatic carbocycles. The average Bonchev–Trinajstić information content (AvgIpc) is 3.19. The molecule has 0 unspecified atom stereocenters. The summed E-state index contributed by atoms with van der Waals surface area (Å²) in [4.78, 5) is 0. The van der Waals surface area contributed by atoms with Crippen LogP contribution in [0.3, 0.4) is 0 Å². The van der Waals surface area contributed by atoms with Gasteiger partial charge in [-0.2, -0.15) is 15.7 Å². The van der Waals surface area contributed by atoms with E-state index < -0.39 is 0 Å². The Labute approximate surface area is 150 Å². The summed E-state index contributed by atoms with van der Waals surface area (Å²) in [5.41, 5.74) is 3.70. The molecule has 0 aliphatic rings. The van der Waals surface area contributed by atoms with Crippen LogP contribution in [0.5, 0.6) is 0 Å². The Kier molecular flexibility index (Phi) is 3.36. The predicted octanol–water partition coefficient (Wildman–Crippen LogP) is 5.96. The minimum absolute atomic E-state index is 1.21. The van der Waals surface area contributed by atoms with E-state index in [4.69, 9.17) is 0 Å². The highest BCUT2D eigenvalue weighted by Gasteiger charge is 2.11. The normalized spacial score (nSPS) is 11.8. The van der Waals surface area contributed by atoms with E-state index in [1.807, 2.05) is 0 Å². The maximum Gasteiger partial charge on any atom is 0.219 e. The first-order valence-electron chi connectivity index (χ1n) is 8.34. The number of rotatable bonds is 2. The van der Waals surface area contributed by atoms with Crippen LogP contribution in [0.2, 0.25) is 0 Å². The number of hydrogen-bond donors (Lipinski definition) is 0. The fourth-order valence-corrected chi connectivity index (χ4v) is 4.03. The SMILES string of the molecule is C(=C\c1cc[n+]2ccc3ccc4ccccc4c3c2c1)/c1ccsc1. The minimum atomic E-state index is 1.21. The van der Waals surface area contributed by atoms with Gasteiger partial charge in [0.1, 0.15) is 0 Å². The second-order valence-corrected chi connectivity index (χ2v) is 6.99. The van der Waals surface area contributed by atoms with Gasteiger partial charge in [0.05, 0.1) is 5.39 Å². The number of pyridine rings is 2. The molecule has 0 N–H and O–H groups in total. The molecule has 0 aliphatic heterocycles. The Bertz CT molecular complexity index is 1230. The van der Waals surface area contributed by atoms with Gasteiger partial charge in [0.15, 0.2) is 12.4 Å². The number of aromatic nitrogens is 1. The Morgan fingerprint density at radius 1 is 0.760 bits per heavy atom. The third kappa shape index (κ3) is 2.51. The Hall–Kier alpha value is -2.97. The van der Waals surface area contributed by atoms with E-state index in [2.05, 4.69) is 100 Å². The molecule has 5 rings (SSSR count). The summed E-state index contributed by atoms with van der Waals surface area (Å²) in [7, 11) is 0. The van der Waals surface area contributed by atoms with Crippen molar-refractivity contribution in [1.29, 1.82) is 0 Å². The lowest BCUT2D eigenvalue weighted by Crippen LogP contribution is -2.20. The number of benzene rings is 2. The first-order chi connectivity index (χ1) is 12.4. The van der Waals surface area contributed by atoms with Gasteiger partial charge >= 0.3 is 0 Å². The highest BCUT2D eigenvalue weighted by atomic mass is 32.1. The van der Waals surface area contributed by atoms with Gasteiger partial charge in [-0.25, -0.2) is 0 Å². The number of hydrogen-bond acceptors (Lipinski definition) is 1. The molecule has 25 heavy (non-hydrogen) atoms. The second-order valence-electron chi connectivity index (χ2n) is 6.21. The summed E-state index contributed by atoms with van der Waals surface area (Å²) in [6.45, 7) is 0. The van der Waals surface area contributed by atoms with Gasteiger partial charge in [-0.3, -0.25) is 0 Å². The van der Waals surface area contributed by atoms with Crippen LogP contribution >= 0.6 is 11.3 Å². The minimum Gasteiger partial charge on any atom is -0.167 e. The van der Waals surface area contributed by atoms with Crippen molar-refractivity contribution in [3.05, 3.63) is 94.9 Å². The summed E-state index contributed by atoms with van der Waals surface area (Å²) in [6, 6.07) is 21.8. The molecule has 0 saturated carbocycles. The van der Waals surface area contributed by atoms with E-state index in [0.717, 1.165) is 0 Å². The lowest BCUT2D eigenvalue weighted by molar-refractivity contribution is -0.510. The second kappa shape index (κ2) is 5.83. The van der Waals surface area contributed by atoms with Crippen molar-refractivity contribution in [2.45, 2.75) is 0 Å². The molecule has 0 fully saturated rings. The zero-order valence-electron chi connectivity index (χ0n) is 13.6. The highest BCUT2D eigenvalue weighted by molar-refractivity contribution is 7.08. The van der Waals surface area contributed by atoms with E-state index >= 15 is 0 Å². The van der Waals surface area contributed by atoms with Crippen LogP contribution < -0.4 is 4.40 Å². The van der Waals surface area contributed by atoms with Crippen LogP contribution in [-0.4, -0.2) is 0 Å². The van der Waals surface area contributed by atoms with Crippen molar-refractivity contribution in [2.75, 3.05) is 0 Å². The van der Waals surface area contributed by atoms with Crippen molar-refractivity contribution in [3.63, 3.8) is 0 Å². The Balaban J connectivity index is 1.78. The topological polar surface area (TPSA) is 4.10 Å². The molecule has 3 heterocycles. The van der Waals surface area contributed by atoms with Crippen LogP contribution in [0.1, 0.15) is 11.1 Å². The van der Waals surface area contributed by atoms with Crippen molar-refractivity contribution >= 4 is 50.6 Å². The standard InChI is InChI=1S/C23H16NS/c1-2-4-21-19(3-1)7-8-20-10-13-24-12-9-17(15-22(24)23(20)21)5-6-18-11-14-25-16-18/h1-16H/q+1/b6-5+. The number of fused-ring (bicyclic) bond motifs is 5. The molecule has 0 atom stereocenters. The molecule has 118 valence electrons.